The van der Waals surface area contributed by atoms with E-state index in [-0.39, 0.29) is 5.82 Å². The van der Waals surface area contributed by atoms with Crippen LogP contribution in [0.15, 0.2) is 79.4 Å². The molecule has 4 aromatic heterocycles. The van der Waals surface area contributed by atoms with E-state index in [2.05, 4.69) is 49.7 Å². The lowest BCUT2D eigenvalue weighted by Gasteiger charge is -2.29. The maximum atomic E-state index is 14.5. The molecule has 0 saturated carbocycles. The van der Waals surface area contributed by atoms with Gasteiger partial charge in [-0.3, -0.25) is 10.1 Å². The molecule has 6 heterocycles. The number of rotatable bonds is 4. The van der Waals surface area contributed by atoms with Gasteiger partial charge in [0, 0.05) is 66.0 Å². The maximum Gasteiger partial charge on any atom is 0.164 e. The van der Waals surface area contributed by atoms with Crippen molar-refractivity contribution in [1.29, 1.82) is 0 Å². The van der Waals surface area contributed by atoms with Gasteiger partial charge in [0.1, 0.15) is 17.0 Å². The minimum atomic E-state index is -0.348. The molecular weight excluding hydrogens is 479 g/mol. The summed E-state index contributed by atoms with van der Waals surface area (Å²) in [5.41, 5.74) is 7.57. The number of pyridine rings is 1. The zero-order valence-electron chi connectivity index (χ0n) is 20.3. The quantitative estimate of drug-likeness (QED) is 0.364. The van der Waals surface area contributed by atoms with Crippen molar-refractivity contribution in [2.24, 2.45) is 0 Å². The van der Waals surface area contributed by atoms with E-state index in [9.17, 15) is 4.39 Å². The molecule has 2 aliphatic heterocycles. The van der Waals surface area contributed by atoms with Crippen molar-refractivity contribution in [2.45, 2.75) is 18.5 Å². The summed E-state index contributed by atoms with van der Waals surface area (Å²) in [6.07, 6.45) is 8.16. The third kappa shape index (κ3) is 3.18. The first kappa shape index (κ1) is 21.5. The van der Waals surface area contributed by atoms with Crippen molar-refractivity contribution >= 4 is 22.2 Å². The second-order valence-electron chi connectivity index (χ2n) is 9.97. The molecule has 2 aromatic carbocycles. The van der Waals surface area contributed by atoms with Crippen LogP contribution in [0, 0.1) is 5.82 Å². The number of anilines is 1. The second kappa shape index (κ2) is 8.19. The van der Waals surface area contributed by atoms with Crippen molar-refractivity contribution in [1.82, 2.24) is 35.1 Å². The van der Waals surface area contributed by atoms with E-state index in [4.69, 9.17) is 10.1 Å². The molecule has 0 aliphatic carbocycles. The third-order valence-electron chi connectivity index (χ3n) is 7.86. The third-order valence-corrected chi connectivity index (χ3v) is 7.86. The molecule has 2 fully saturated rings. The summed E-state index contributed by atoms with van der Waals surface area (Å²) in [5.74, 6) is -0.348. The molecule has 0 unspecified atom stereocenters. The molecule has 0 radical (unpaired) electrons. The lowest BCUT2D eigenvalue weighted by Crippen LogP contribution is -2.43. The van der Waals surface area contributed by atoms with E-state index in [0.717, 1.165) is 46.7 Å². The summed E-state index contributed by atoms with van der Waals surface area (Å²) in [4.78, 5) is 11.4. The van der Waals surface area contributed by atoms with Crippen LogP contribution in [0.5, 0.6) is 0 Å². The zero-order valence-corrected chi connectivity index (χ0v) is 20.3. The number of aromatic amines is 1. The van der Waals surface area contributed by atoms with Crippen LogP contribution in [-0.4, -0.2) is 55.0 Å². The van der Waals surface area contributed by atoms with Crippen molar-refractivity contribution in [3.63, 3.8) is 0 Å². The van der Waals surface area contributed by atoms with Gasteiger partial charge in [0.05, 0.1) is 17.5 Å². The van der Waals surface area contributed by atoms with Gasteiger partial charge in [-0.05, 0) is 48.4 Å². The highest BCUT2D eigenvalue weighted by molar-refractivity contribution is 6.03. The summed E-state index contributed by atoms with van der Waals surface area (Å²) in [6, 6.07) is 18.9. The number of aromatic nitrogens is 6. The Labute approximate surface area is 217 Å². The summed E-state index contributed by atoms with van der Waals surface area (Å²) in [5, 5.41) is 16.2. The van der Waals surface area contributed by atoms with E-state index < -0.39 is 0 Å². The minimum Gasteiger partial charge on any atom is -0.366 e. The Balaban J connectivity index is 1.31. The van der Waals surface area contributed by atoms with E-state index in [1.54, 1.807) is 30.9 Å². The van der Waals surface area contributed by atoms with Gasteiger partial charge in [-0.2, -0.15) is 10.2 Å². The highest BCUT2D eigenvalue weighted by atomic mass is 19.1. The number of benzene rings is 2. The number of halogens is 1. The molecule has 38 heavy (non-hydrogen) atoms. The minimum absolute atomic E-state index is 0.348. The van der Waals surface area contributed by atoms with Gasteiger partial charge >= 0.3 is 0 Å². The fourth-order valence-corrected chi connectivity index (χ4v) is 6.04. The van der Waals surface area contributed by atoms with Crippen LogP contribution in [0.4, 0.5) is 10.1 Å². The smallest absolute Gasteiger partial charge is 0.164 e. The van der Waals surface area contributed by atoms with Crippen molar-refractivity contribution < 1.29 is 4.39 Å². The molecule has 2 bridgehead atoms. The van der Waals surface area contributed by atoms with Gasteiger partial charge < -0.3 is 10.2 Å². The topological polar surface area (TPSA) is 87.0 Å². The number of hydrogen-bond donors (Lipinski definition) is 2. The highest BCUT2D eigenvalue weighted by Gasteiger charge is 2.37. The van der Waals surface area contributed by atoms with Gasteiger partial charge in [-0.1, -0.05) is 18.2 Å². The van der Waals surface area contributed by atoms with E-state index in [0.29, 0.717) is 28.6 Å². The average molecular weight is 503 g/mol. The molecule has 8 rings (SSSR count). The Morgan fingerprint density at radius 2 is 1.79 bits per heavy atom. The largest absolute Gasteiger partial charge is 0.366 e. The molecule has 2 N–H and O–H groups in total. The van der Waals surface area contributed by atoms with Crippen LogP contribution < -0.4 is 10.2 Å². The van der Waals surface area contributed by atoms with Gasteiger partial charge in [-0.25, -0.2) is 13.9 Å². The van der Waals surface area contributed by atoms with Crippen molar-refractivity contribution in [2.75, 3.05) is 18.0 Å². The molecular formula is C29H23FN8. The Kier molecular flexibility index (Phi) is 4.62. The van der Waals surface area contributed by atoms with E-state index in [1.807, 2.05) is 22.7 Å². The van der Waals surface area contributed by atoms with Gasteiger partial charge in [-0.15, -0.1) is 0 Å². The number of piperazine rings is 1. The number of nitrogens with zero attached hydrogens (tertiary/aromatic N) is 6. The molecule has 9 heteroatoms. The first-order chi connectivity index (χ1) is 18.7. The Hall–Kier alpha value is -4.63. The van der Waals surface area contributed by atoms with E-state index >= 15 is 0 Å². The highest BCUT2D eigenvalue weighted by Crippen LogP contribution is 2.39. The van der Waals surface area contributed by atoms with Gasteiger partial charge in [0.15, 0.2) is 5.65 Å². The standard InChI is InChI=1S/C29H23FN8/c30-24-6-5-22(23-15-34-35-28(23)24)26-27(18-7-10-31-11-8-18)36-38-25(9-12-32-29(26)38)17-1-3-20(4-2-17)37-16-19-13-21(37)14-33-19/h1-12,15,19,21,33H,13-14,16H2,(H,34,35)/t19-,21-/m1/s1. The van der Waals surface area contributed by atoms with Crippen LogP contribution in [-0.2, 0) is 0 Å². The molecule has 8 nitrogen and oxygen atoms in total. The van der Waals surface area contributed by atoms with Crippen molar-refractivity contribution in [3.05, 3.63) is 85.2 Å². The van der Waals surface area contributed by atoms with Crippen LogP contribution in [0.3, 0.4) is 0 Å². The number of fused-ring (bicyclic) bond motifs is 4. The summed E-state index contributed by atoms with van der Waals surface area (Å²) >= 11 is 0. The van der Waals surface area contributed by atoms with Gasteiger partial charge in [0.2, 0.25) is 0 Å². The number of hydrogen-bond acceptors (Lipinski definition) is 6. The number of H-pyrrole nitrogens is 1. The fourth-order valence-electron chi connectivity index (χ4n) is 6.04. The maximum absolute atomic E-state index is 14.5. The molecule has 6 aromatic rings. The SMILES string of the molecule is Fc1ccc(-c2c(-c3ccncc3)nn3c(-c4ccc(N5C[C@H]6C[C@@H]5CN6)cc4)ccnc23)c2cn[nH]c12. The lowest BCUT2D eigenvalue weighted by atomic mass is 9.98. The van der Waals surface area contributed by atoms with Crippen molar-refractivity contribution in [3.8, 4) is 33.6 Å². The summed E-state index contributed by atoms with van der Waals surface area (Å²) < 4.78 is 16.4. The first-order valence-corrected chi connectivity index (χ1v) is 12.7. The van der Waals surface area contributed by atoms with Crippen LogP contribution >= 0.6 is 0 Å². The average Bonchev–Trinajstić information content (AvgIpc) is 3.77. The summed E-state index contributed by atoms with van der Waals surface area (Å²) in [6.45, 7) is 2.11. The monoisotopic (exact) mass is 502 g/mol. The first-order valence-electron chi connectivity index (χ1n) is 12.7. The van der Waals surface area contributed by atoms with Crippen LogP contribution in [0.2, 0.25) is 0 Å². The Morgan fingerprint density at radius 3 is 2.58 bits per heavy atom. The molecule has 0 spiro atoms. The van der Waals surface area contributed by atoms with Crippen LogP contribution in [0.25, 0.3) is 50.2 Å². The lowest BCUT2D eigenvalue weighted by molar-refractivity contribution is 0.580. The predicted octanol–water partition coefficient (Wildman–Crippen LogP) is 4.69. The Bertz CT molecular complexity index is 1810. The summed E-state index contributed by atoms with van der Waals surface area (Å²) in [7, 11) is 0. The normalized spacial score (nSPS) is 18.7. The molecule has 0 amide bonds. The molecule has 2 saturated heterocycles. The molecule has 2 atom stereocenters. The van der Waals surface area contributed by atoms with E-state index in [1.165, 1.54) is 18.2 Å². The Morgan fingerprint density at radius 1 is 0.921 bits per heavy atom. The zero-order chi connectivity index (χ0) is 25.2. The van der Waals surface area contributed by atoms with Gasteiger partial charge in [0.25, 0.3) is 0 Å². The number of nitrogens with one attached hydrogen (secondary N) is 2. The van der Waals surface area contributed by atoms with Crippen LogP contribution in [0.1, 0.15) is 6.42 Å². The second-order valence-corrected chi connectivity index (χ2v) is 9.97. The molecule has 2 aliphatic rings. The molecule has 186 valence electrons. The predicted molar refractivity (Wildman–Crippen MR) is 144 cm³/mol. The fraction of sp³-hybridized carbons (Fsp3) is 0.172.